The molecule has 0 saturated heterocycles. The molecule has 1 unspecified atom stereocenters. The Labute approximate surface area is 64.3 Å². The van der Waals surface area contributed by atoms with Gasteiger partial charge in [0.1, 0.15) is 0 Å². The Morgan fingerprint density at radius 1 is 1.73 bits per heavy atom. The topological polar surface area (TPSA) is 87.1 Å². The Morgan fingerprint density at radius 3 is 2.64 bits per heavy atom. The number of aliphatic carboxylic acids is 1. The molecule has 0 aromatic heterocycles. The number of carboxylic acid groups (broad SMARTS) is 1. The molecule has 0 saturated carbocycles. The molecule has 6 nitrogen and oxygen atoms in total. The molecule has 7 heteroatoms. The van der Waals surface area contributed by atoms with Gasteiger partial charge in [-0.15, -0.1) is 9.42 Å². The predicted octanol–water partition coefficient (Wildman–Crippen LogP) is -0.373. The van der Waals surface area contributed by atoms with Crippen molar-refractivity contribution in [3.63, 3.8) is 0 Å². The van der Waals surface area contributed by atoms with Gasteiger partial charge < -0.3 is 5.11 Å². The van der Waals surface area contributed by atoms with Crippen molar-refractivity contribution in [2.45, 2.75) is 0 Å². The highest BCUT2D eigenvalue weighted by Crippen LogP contribution is 2.13. The zero-order chi connectivity index (χ0) is 8.85. The zero-order valence-corrected chi connectivity index (χ0v) is 6.82. The molecule has 0 spiro atoms. The van der Waals surface area contributed by atoms with Crippen LogP contribution in [0.5, 0.6) is 0 Å². The van der Waals surface area contributed by atoms with Gasteiger partial charge in [-0.1, -0.05) is 0 Å². The van der Waals surface area contributed by atoms with E-state index >= 15 is 0 Å². The van der Waals surface area contributed by atoms with Crippen LogP contribution in [0, 0.1) is 0 Å². The van der Waals surface area contributed by atoms with Crippen LogP contribution in [-0.4, -0.2) is 41.2 Å². The minimum Gasteiger partial charge on any atom is -0.480 e. The Morgan fingerprint density at radius 2 is 2.27 bits per heavy atom. The predicted molar refractivity (Wildman–Crippen MR) is 36.0 cm³/mol. The van der Waals surface area contributed by atoms with Crippen molar-refractivity contribution in [3.8, 4) is 0 Å². The van der Waals surface area contributed by atoms with E-state index in [9.17, 15) is 9.36 Å². The van der Waals surface area contributed by atoms with Gasteiger partial charge in [-0.25, -0.2) is 0 Å². The van der Waals surface area contributed by atoms with E-state index in [0.717, 1.165) is 0 Å². The summed E-state index contributed by atoms with van der Waals surface area (Å²) in [5.41, 5.74) is 0. The highest BCUT2D eigenvalue weighted by molar-refractivity contribution is 7.32. The van der Waals surface area contributed by atoms with Crippen molar-refractivity contribution in [1.82, 2.24) is 4.90 Å². The van der Waals surface area contributed by atoms with Crippen molar-refractivity contribution in [2.75, 3.05) is 20.3 Å². The highest BCUT2D eigenvalue weighted by atomic mass is 31.1. The van der Waals surface area contributed by atoms with Crippen LogP contribution in [0.25, 0.3) is 0 Å². The summed E-state index contributed by atoms with van der Waals surface area (Å²) in [4.78, 5) is 19.4. The molecule has 0 aliphatic rings. The maximum absolute atomic E-state index is 10.0. The van der Waals surface area contributed by atoms with E-state index in [1.54, 1.807) is 0 Å². The molecule has 11 heavy (non-hydrogen) atoms. The summed E-state index contributed by atoms with van der Waals surface area (Å²) < 4.78 is 14.2. The van der Waals surface area contributed by atoms with Crippen molar-refractivity contribution < 1.29 is 23.9 Å². The Bertz CT molecular complexity index is 161. The van der Waals surface area contributed by atoms with Gasteiger partial charge in [0.25, 0.3) is 0 Å². The standard InChI is InChI=1S/C4H8NO5P/c1-5(2-4(6)7)3-10-11(8)9/h2-3H2,1H3,(H-,6,7,8,9)/p+1. The van der Waals surface area contributed by atoms with Crippen LogP contribution in [0.4, 0.5) is 0 Å². The molecule has 0 aromatic carbocycles. The summed E-state index contributed by atoms with van der Waals surface area (Å²) in [7, 11) is -1.18. The van der Waals surface area contributed by atoms with E-state index < -0.39 is 14.2 Å². The minimum absolute atomic E-state index is 0.169. The highest BCUT2D eigenvalue weighted by Gasteiger charge is 2.14. The van der Waals surface area contributed by atoms with Gasteiger partial charge in [0, 0.05) is 4.57 Å². The van der Waals surface area contributed by atoms with Crippen molar-refractivity contribution in [1.29, 1.82) is 0 Å². The van der Waals surface area contributed by atoms with Crippen LogP contribution >= 0.6 is 8.25 Å². The summed E-state index contributed by atoms with van der Waals surface area (Å²) >= 11 is 0. The fraction of sp³-hybridized carbons (Fsp3) is 0.750. The van der Waals surface area contributed by atoms with E-state index in [2.05, 4.69) is 4.52 Å². The van der Waals surface area contributed by atoms with E-state index in [4.69, 9.17) is 10.00 Å². The van der Waals surface area contributed by atoms with Crippen molar-refractivity contribution >= 4 is 14.2 Å². The number of carboxylic acids is 1. The van der Waals surface area contributed by atoms with Crippen molar-refractivity contribution in [3.05, 3.63) is 0 Å². The molecule has 64 valence electrons. The average molecular weight is 182 g/mol. The number of carbonyl (C=O) groups is 1. The fourth-order valence-electron chi connectivity index (χ4n) is 0.424. The Kier molecular flexibility index (Phi) is 4.89. The molecule has 0 aliphatic heterocycles. The number of nitrogens with zero attached hydrogens (tertiary/aromatic N) is 1. The third-order valence-electron chi connectivity index (χ3n) is 0.794. The lowest BCUT2D eigenvalue weighted by atomic mass is 10.6. The van der Waals surface area contributed by atoms with E-state index in [1.807, 2.05) is 0 Å². The summed E-state index contributed by atoms with van der Waals surface area (Å²) in [6.07, 6.45) is 0. The maximum Gasteiger partial charge on any atom is 0.696 e. The van der Waals surface area contributed by atoms with Gasteiger partial charge in [-0.3, -0.25) is 9.69 Å². The lowest BCUT2D eigenvalue weighted by Crippen LogP contribution is -2.26. The number of hydrogen-bond donors (Lipinski definition) is 2. The lowest BCUT2D eigenvalue weighted by molar-refractivity contribution is -0.138. The SMILES string of the molecule is CN(CO[P+](=O)O)CC(=O)O. The first-order chi connectivity index (χ1) is 5.02. The third-order valence-corrected chi connectivity index (χ3v) is 1.13. The second-order valence-corrected chi connectivity index (χ2v) is 2.64. The summed E-state index contributed by atoms with van der Waals surface area (Å²) in [6.45, 7) is -0.388. The molecule has 0 amide bonds. The summed E-state index contributed by atoms with van der Waals surface area (Å²) in [6, 6.07) is 0. The van der Waals surface area contributed by atoms with Crippen LogP contribution in [0.3, 0.4) is 0 Å². The maximum atomic E-state index is 10.0. The smallest absolute Gasteiger partial charge is 0.480 e. The van der Waals surface area contributed by atoms with E-state index in [-0.39, 0.29) is 13.3 Å². The molecule has 0 rings (SSSR count). The first-order valence-electron chi connectivity index (χ1n) is 2.71. The zero-order valence-electron chi connectivity index (χ0n) is 5.93. The molecular weight excluding hydrogens is 173 g/mol. The molecule has 0 radical (unpaired) electrons. The van der Waals surface area contributed by atoms with Crippen LogP contribution in [0.2, 0.25) is 0 Å². The van der Waals surface area contributed by atoms with Crippen LogP contribution in [0.1, 0.15) is 0 Å². The molecule has 1 atom stereocenters. The molecule has 2 N–H and O–H groups in total. The Hall–Kier alpha value is -0.550. The van der Waals surface area contributed by atoms with Crippen molar-refractivity contribution in [2.24, 2.45) is 0 Å². The number of rotatable bonds is 5. The van der Waals surface area contributed by atoms with Gasteiger partial charge in [0.15, 0.2) is 6.73 Å². The average Bonchev–Trinajstić information content (AvgIpc) is 1.82. The van der Waals surface area contributed by atoms with Gasteiger partial charge in [0.2, 0.25) is 0 Å². The monoisotopic (exact) mass is 182 g/mol. The molecular formula is C4H9NO5P+. The minimum atomic E-state index is -2.64. The van der Waals surface area contributed by atoms with Crippen LogP contribution in [-0.2, 0) is 13.9 Å². The van der Waals surface area contributed by atoms with Crippen LogP contribution < -0.4 is 0 Å². The fourth-order valence-corrected chi connectivity index (χ4v) is 0.720. The summed E-state index contributed by atoms with van der Waals surface area (Å²) in [5.74, 6) is -1.01. The quantitative estimate of drug-likeness (QED) is 0.445. The van der Waals surface area contributed by atoms with Gasteiger partial charge in [-0.05, 0) is 7.05 Å². The molecule has 0 bridgehead atoms. The van der Waals surface area contributed by atoms with Gasteiger partial charge in [0.05, 0.1) is 6.54 Å². The largest absolute Gasteiger partial charge is 0.696 e. The van der Waals surface area contributed by atoms with E-state index in [1.165, 1.54) is 11.9 Å². The Balaban J connectivity index is 3.44. The summed E-state index contributed by atoms with van der Waals surface area (Å²) in [5, 5.41) is 8.22. The number of likely N-dealkylation sites (N-methyl/N-ethyl adjacent to an activating group) is 1. The lowest BCUT2D eigenvalue weighted by Gasteiger charge is -2.07. The second kappa shape index (κ2) is 5.15. The van der Waals surface area contributed by atoms with Gasteiger partial charge >= 0.3 is 14.2 Å². The first-order valence-corrected chi connectivity index (χ1v) is 3.85. The van der Waals surface area contributed by atoms with E-state index in [0.29, 0.717) is 0 Å². The molecule has 0 fully saturated rings. The molecule has 0 aromatic rings. The van der Waals surface area contributed by atoms with Crippen LogP contribution in [0.15, 0.2) is 0 Å². The molecule has 0 aliphatic carbocycles. The molecule has 0 heterocycles. The second-order valence-electron chi connectivity index (χ2n) is 1.90. The third kappa shape index (κ3) is 7.35. The first kappa shape index (κ1) is 10.4. The normalized spacial score (nSPS) is 11.7. The van der Waals surface area contributed by atoms with Gasteiger partial charge in [-0.2, -0.15) is 0 Å². The number of hydrogen-bond acceptors (Lipinski definition) is 4.